The largest absolute Gasteiger partial charge is 0.493 e. The standard InChI is InChI=1S/C14H11ClN2O2/c15-10-3-5-16-12(8-10)14(18)17-11-1-2-13-9(7-11)4-6-19-13/h1-3,5,7-8H,4,6H2,(H,17,18). The summed E-state index contributed by atoms with van der Waals surface area (Å²) in [6, 6.07) is 8.76. The van der Waals surface area contributed by atoms with E-state index in [-0.39, 0.29) is 5.91 Å². The van der Waals surface area contributed by atoms with Crippen LogP contribution in [-0.2, 0) is 6.42 Å². The number of halogens is 1. The molecule has 3 rings (SSSR count). The van der Waals surface area contributed by atoms with Gasteiger partial charge in [0, 0.05) is 23.3 Å². The number of amides is 1. The minimum absolute atomic E-state index is 0.277. The summed E-state index contributed by atoms with van der Waals surface area (Å²) in [5.41, 5.74) is 2.14. The maximum atomic E-state index is 12.0. The molecule has 0 aliphatic carbocycles. The van der Waals surface area contributed by atoms with Crippen LogP contribution in [0.5, 0.6) is 5.75 Å². The van der Waals surface area contributed by atoms with Gasteiger partial charge in [-0.3, -0.25) is 9.78 Å². The van der Waals surface area contributed by atoms with Gasteiger partial charge >= 0.3 is 0 Å². The highest BCUT2D eigenvalue weighted by Crippen LogP contribution is 2.28. The Bertz CT molecular complexity index is 643. The van der Waals surface area contributed by atoms with Gasteiger partial charge in [-0.05, 0) is 35.9 Å². The van der Waals surface area contributed by atoms with Crippen LogP contribution in [0.3, 0.4) is 0 Å². The normalized spacial score (nSPS) is 12.7. The molecule has 1 aromatic carbocycles. The first-order chi connectivity index (χ1) is 9.22. The van der Waals surface area contributed by atoms with Crippen LogP contribution in [0.4, 0.5) is 5.69 Å². The fourth-order valence-electron chi connectivity index (χ4n) is 1.99. The highest BCUT2D eigenvalue weighted by atomic mass is 35.5. The second-order valence-electron chi connectivity index (χ2n) is 4.23. The molecular weight excluding hydrogens is 264 g/mol. The minimum Gasteiger partial charge on any atom is -0.493 e. The van der Waals surface area contributed by atoms with E-state index in [0.717, 1.165) is 23.4 Å². The zero-order chi connectivity index (χ0) is 13.2. The summed E-state index contributed by atoms with van der Waals surface area (Å²) < 4.78 is 5.42. The number of rotatable bonds is 2. The Morgan fingerprint density at radius 2 is 2.21 bits per heavy atom. The van der Waals surface area contributed by atoms with Crippen molar-refractivity contribution in [2.24, 2.45) is 0 Å². The molecule has 0 saturated carbocycles. The molecule has 4 nitrogen and oxygen atoms in total. The fourth-order valence-corrected chi connectivity index (χ4v) is 2.15. The summed E-state index contributed by atoms with van der Waals surface area (Å²) in [4.78, 5) is 16.0. The zero-order valence-electron chi connectivity index (χ0n) is 10.0. The molecule has 0 spiro atoms. The van der Waals surface area contributed by atoms with Crippen molar-refractivity contribution in [3.8, 4) is 5.75 Å². The first-order valence-electron chi connectivity index (χ1n) is 5.91. The maximum absolute atomic E-state index is 12.0. The Balaban J connectivity index is 1.80. The smallest absolute Gasteiger partial charge is 0.274 e. The maximum Gasteiger partial charge on any atom is 0.274 e. The number of pyridine rings is 1. The lowest BCUT2D eigenvalue weighted by Crippen LogP contribution is -2.13. The van der Waals surface area contributed by atoms with Gasteiger partial charge in [0.2, 0.25) is 0 Å². The third kappa shape index (κ3) is 2.53. The van der Waals surface area contributed by atoms with E-state index < -0.39 is 0 Å². The lowest BCUT2D eigenvalue weighted by molar-refractivity contribution is 0.102. The van der Waals surface area contributed by atoms with E-state index in [0.29, 0.717) is 17.3 Å². The van der Waals surface area contributed by atoms with Crippen LogP contribution in [0.15, 0.2) is 36.5 Å². The predicted octanol–water partition coefficient (Wildman–Crippen LogP) is 2.92. The summed E-state index contributed by atoms with van der Waals surface area (Å²) in [5.74, 6) is 0.611. The van der Waals surface area contributed by atoms with Crippen LogP contribution >= 0.6 is 11.6 Å². The first kappa shape index (κ1) is 12.0. The number of carbonyl (C=O) groups excluding carboxylic acids is 1. The Labute approximate surface area is 115 Å². The second kappa shape index (κ2) is 4.90. The molecule has 1 aliphatic rings. The van der Waals surface area contributed by atoms with E-state index in [9.17, 15) is 4.79 Å². The van der Waals surface area contributed by atoms with Gasteiger partial charge in [0.05, 0.1) is 6.61 Å². The second-order valence-corrected chi connectivity index (χ2v) is 4.67. The highest BCUT2D eigenvalue weighted by molar-refractivity contribution is 6.30. The van der Waals surface area contributed by atoms with Gasteiger partial charge < -0.3 is 10.1 Å². The van der Waals surface area contributed by atoms with Crippen molar-refractivity contribution >= 4 is 23.2 Å². The number of benzene rings is 1. The molecule has 1 aromatic heterocycles. The molecule has 0 saturated heterocycles. The molecule has 1 aliphatic heterocycles. The van der Waals surface area contributed by atoms with E-state index >= 15 is 0 Å². The Kier molecular flexibility index (Phi) is 3.09. The van der Waals surface area contributed by atoms with Gasteiger partial charge in [-0.1, -0.05) is 11.6 Å². The van der Waals surface area contributed by atoms with Gasteiger partial charge in [-0.15, -0.1) is 0 Å². The van der Waals surface area contributed by atoms with E-state index in [1.165, 1.54) is 12.3 Å². The van der Waals surface area contributed by atoms with Crippen LogP contribution in [0.2, 0.25) is 5.02 Å². The summed E-state index contributed by atoms with van der Waals surface area (Å²) >= 11 is 5.83. The lowest BCUT2D eigenvalue weighted by Gasteiger charge is -2.06. The van der Waals surface area contributed by atoms with Crippen molar-refractivity contribution in [2.75, 3.05) is 11.9 Å². The Hall–Kier alpha value is -2.07. The molecule has 0 fully saturated rings. The molecule has 2 aromatic rings. The van der Waals surface area contributed by atoms with E-state index in [1.807, 2.05) is 18.2 Å². The van der Waals surface area contributed by atoms with E-state index in [1.54, 1.807) is 6.07 Å². The van der Waals surface area contributed by atoms with Crippen LogP contribution in [0.25, 0.3) is 0 Å². The highest BCUT2D eigenvalue weighted by Gasteiger charge is 2.14. The quantitative estimate of drug-likeness (QED) is 0.916. The molecule has 0 bridgehead atoms. The van der Waals surface area contributed by atoms with Crippen LogP contribution in [0, 0.1) is 0 Å². The topological polar surface area (TPSA) is 51.2 Å². The van der Waals surface area contributed by atoms with Crippen molar-refractivity contribution in [3.63, 3.8) is 0 Å². The lowest BCUT2D eigenvalue weighted by atomic mass is 10.1. The van der Waals surface area contributed by atoms with Crippen molar-refractivity contribution in [2.45, 2.75) is 6.42 Å². The number of ether oxygens (including phenoxy) is 1. The molecule has 2 heterocycles. The van der Waals surface area contributed by atoms with Crippen molar-refractivity contribution in [1.82, 2.24) is 4.98 Å². The predicted molar refractivity (Wildman–Crippen MR) is 72.8 cm³/mol. The molecule has 0 atom stereocenters. The molecule has 1 amide bonds. The van der Waals surface area contributed by atoms with Crippen LogP contribution < -0.4 is 10.1 Å². The van der Waals surface area contributed by atoms with Gasteiger partial charge in [-0.25, -0.2) is 0 Å². The van der Waals surface area contributed by atoms with Gasteiger partial charge in [0.1, 0.15) is 11.4 Å². The number of nitrogens with one attached hydrogen (secondary N) is 1. The molecule has 0 unspecified atom stereocenters. The molecule has 19 heavy (non-hydrogen) atoms. The fraction of sp³-hybridized carbons (Fsp3) is 0.143. The number of hydrogen-bond donors (Lipinski definition) is 1. The number of carbonyl (C=O) groups is 1. The van der Waals surface area contributed by atoms with Crippen molar-refractivity contribution in [3.05, 3.63) is 52.8 Å². The van der Waals surface area contributed by atoms with Crippen molar-refractivity contribution < 1.29 is 9.53 Å². The van der Waals surface area contributed by atoms with E-state index in [4.69, 9.17) is 16.3 Å². The number of aromatic nitrogens is 1. The molecule has 0 radical (unpaired) electrons. The molecule has 5 heteroatoms. The van der Waals surface area contributed by atoms with E-state index in [2.05, 4.69) is 10.3 Å². The number of fused-ring (bicyclic) bond motifs is 1. The number of nitrogens with zero attached hydrogens (tertiary/aromatic N) is 1. The van der Waals surface area contributed by atoms with Gasteiger partial charge in [0.25, 0.3) is 5.91 Å². The number of hydrogen-bond acceptors (Lipinski definition) is 3. The van der Waals surface area contributed by atoms with Crippen LogP contribution in [-0.4, -0.2) is 17.5 Å². The Morgan fingerprint density at radius 1 is 1.32 bits per heavy atom. The van der Waals surface area contributed by atoms with Gasteiger partial charge in [0.15, 0.2) is 0 Å². The molecule has 1 N–H and O–H groups in total. The average Bonchev–Trinajstić information content (AvgIpc) is 2.86. The zero-order valence-corrected chi connectivity index (χ0v) is 10.8. The monoisotopic (exact) mass is 274 g/mol. The summed E-state index contributed by atoms with van der Waals surface area (Å²) in [7, 11) is 0. The minimum atomic E-state index is -0.277. The summed E-state index contributed by atoms with van der Waals surface area (Å²) in [5, 5.41) is 3.29. The van der Waals surface area contributed by atoms with Gasteiger partial charge in [-0.2, -0.15) is 0 Å². The number of anilines is 1. The summed E-state index contributed by atoms with van der Waals surface area (Å²) in [6.07, 6.45) is 2.38. The first-order valence-corrected chi connectivity index (χ1v) is 6.29. The molecular formula is C14H11ClN2O2. The Morgan fingerprint density at radius 3 is 3.05 bits per heavy atom. The third-order valence-corrected chi connectivity index (χ3v) is 3.14. The third-order valence-electron chi connectivity index (χ3n) is 2.90. The van der Waals surface area contributed by atoms with Crippen molar-refractivity contribution in [1.29, 1.82) is 0 Å². The SMILES string of the molecule is O=C(Nc1ccc2c(c1)CCO2)c1cc(Cl)ccn1. The summed E-state index contributed by atoms with van der Waals surface area (Å²) in [6.45, 7) is 0.697. The molecule has 96 valence electrons. The van der Waals surface area contributed by atoms with Crippen LogP contribution in [0.1, 0.15) is 16.1 Å². The average molecular weight is 275 g/mol.